The SMILES string of the molecule is Cc1[nH]c2c(Cl)cccc2c1CC(C)CN. The van der Waals surface area contributed by atoms with Crippen LogP contribution in [0.3, 0.4) is 0 Å². The lowest BCUT2D eigenvalue weighted by Crippen LogP contribution is -2.13. The highest BCUT2D eigenvalue weighted by Gasteiger charge is 2.12. The second-order valence-electron chi connectivity index (χ2n) is 4.44. The van der Waals surface area contributed by atoms with Crippen LogP contribution < -0.4 is 5.73 Å². The maximum Gasteiger partial charge on any atom is 0.0648 e. The van der Waals surface area contributed by atoms with E-state index in [4.69, 9.17) is 17.3 Å². The van der Waals surface area contributed by atoms with Gasteiger partial charge in [0.25, 0.3) is 0 Å². The number of aromatic nitrogens is 1. The molecule has 0 spiro atoms. The van der Waals surface area contributed by atoms with E-state index in [9.17, 15) is 0 Å². The quantitative estimate of drug-likeness (QED) is 0.844. The van der Waals surface area contributed by atoms with Gasteiger partial charge in [-0.15, -0.1) is 0 Å². The van der Waals surface area contributed by atoms with E-state index in [1.54, 1.807) is 0 Å². The summed E-state index contributed by atoms with van der Waals surface area (Å²) in [5.41, 5.74) is 9.26. The van der Waals surface area contributed by atoms with Gasteiger partial charge in [-0.3, -0.25) is 0 Å². The van der Waals surface area contributed by atoms with Crippen LogP contribution in [0.4, 0.5) is 0 Å². The Labute approximate surface area is 101 Å². The highest BCUT2D eigenvalue weighted by Crippen LogP contribution is 2.29. The zero-order chi connectivity index (χ0) is 11.7. The number of benzene rings is 1. The number of aryl methyl sites for hydroxylation is 1. The van der Waals surface area contributed by atoms with Crippen molar-refractivity contribution in [3.8, 4) is 0 Å². The summed E-state index contributed by atoms with van der Waals surface area (Å²) < 4.78 is 0. The summed E-state index contributed by atoms with van der Waals surface area (Å²) in [5.74, 6) is 0.497. The molecule has 0 saturated heterocycles. The molecule has 0 saturated carbocycles. The molecule has 2 rings (SSSR count). The molecule has 1 aromatic carbocycles. The fourth-order valence-corrected chi connectivity index (χ4v) is 2.28. The summed E-state index contributed by atoms with van der Waals surface area (Å²) >= 11 is 6.16. The van der Waals surface area contributed by atoms with Gasteiger partial charge in [0.2, 0.25) is 0 Å². The van der Waals surface area contributed by atoms with Crippen LogP contribution in [-0.4, -0.2) is 11.5 Å². The predicted octanol–water partition coefficient (Wildman–Crippen LogP) is 3.27. The van der Waals surface area contributed by atoms with Gasteiger partial charge >= 0.3 is 0 Å². The fraction of sp³-hybridized carbons (Fsp3) is 0.385. The number of halogens is 1. The third-order valence-corrected chi connectivity index (χ3v) is 3.37. The van der Waals surface area contributed by atoms with Crippen molar-refractivity contribution in [3.05, 3.63) is 34.5 Å². The Bertz CT molecular complexity index is 502. The van der Waals surface area contributed by atoms with Crippen molar-refractivity contribution in [2.24, 2.45) is 11.7 Å². The second-order valence-corrected chi connectivity index (χ2v) is 4.84. The van der Waals surface area contributed by atoms with Crippen molar-refractivity contribution in [1.82, 2.24) is 4.98 Å². The van der Waals surface area contributed by atoms with Crippen molar-refractivity contribution in [3.63, 3.8) is 0 Å². The molecule has 1 aromatic heterocycles. The number of nitrogens with two attached hydrogens (primary N) is 1. The lowest BCUT2D eigenvalue weighted by molar-refractivity contribution is 0.593. The molecule has 2 aromatic rings. The molecule has 0 radical (unpaired) electrons. The molecule has 1 unspecified atom stereocenters. The Kier molecular flexibility index (Phi) is 3.22. The molecule has 0 aliphatic carbocycles. The number of aromatic amines is 1. The standard InChI is InChI=1S/C13H17ClN2/c1-8(7-15)6-11-9(2)16-13-10(11)4-3-5-12(13)14/h3-5,8,16H,6-7,15H2,1-2H3. The third-order valence-electron chi connectivity index (χ3n) is 3.06. The van der Waals surface area contributed by atoms with Crippen LogP contribution >= 0.6 is 11.6 Å². The van der Waals surface area contributed by atoms with Crippen molar-refractivity contribution >= 4 is 22.5 Å². The number of H-pyrrole nitrogens is 1. The van der Waals surface area contributed by atoms with Gasteiger partial charge in [0.05, 0.1) is 10.5 Å². The monoisotopic (exact) mass is 236 g/mol. The minimum Gasteiger partial charge on any atom is -0.357 e. The van der Waals surface area contributed by atoms with Crippen LogP contribution in [-0.2, 0) is 6.42 Å². The molecule has 86 valence electrons. The van der Waals surface area contributed by atoms with Crippen LogP contribution in [0.15, 0.2) is 18.2 Å². The third kappa shape index (κ3) is 1.95. The van der Waals surface area contributed by atoms with Gasteiger partial charge in [0.15, 0.2) is 0 Å². The molecule has 0 aliphatic heterocycles. The number of hydrogen-bond donors (Lipinski definition) is 2. The Morgan fingerprint density at radius 2 is 2.19 bits per heavy atom. The molecule has 3 heteroatoms. The van der Waals surface area contributed by atoms with E-state index in [2.05, 4.69) is 24.9 Å². The van der Waals surface area contributed by atoms with Crippen LogP contribution in [0.2, 0.25) is 5.02 Å². The maximum atomic E-state index is 6.16. The Balaban J connectivity index is 2.52. The molecular weight excluding hydrogens is 220 g/mol. The Morgan fingerprint density at radius 3 is 2.88 bits per heavy atom. The van der Waals surface area contributed by atoms with Crippen LogP contribution in [0, 0.1) is 12.8 Å². The summed E-state index contributed by atoms with van der Waals surface area (Å²) in [4.78, 5) is 3.35. The van der Waals surface area contributed by atoms with E-state index >= 15 is 0 Å². The van der Waals surface area contributed by atoms with Gasteiger partial charge in [-0.1, -0.05) is 30.7 Å². The van der Waals surface area contributed by atoms with E-state index in [-0.39, 0.29) is 0 Å². The average Bonchev–Trinajstić information content (AvgIpc) is 2.58. The Morgan fingerprint density at radius 1 is 1.44 bits per heavy atom. The molecule has 0 bridgehead atoms. The highest BCUT2D eigenvalue weighted by atomic mass is 35.5. The highest BCUT2D eigenvalue weighted by molar-refractivity contribution is 6.35. The van der Waals surface area contributed by atoms with Crippen LogP contribution in [0.25, 0.3) is 10.9 Å². The normalized spacial score (nSPS) is 13.2. The number of fused-ring (bicyclic) bond motifs is 1. The smallest absolute Gasteiger partial charge is 0.0648 e. The van der Waals surface area contributed by atoms with Gasteiger partial charge in [-0.05, 0) is 37.4 Å². The van der Waals surface area contributed by atoms with Crippen LogP contribution in [0.5, 0.6) is 0 Å². The number of rotatable bonds is 3. The zero-order valence-corrected chi connectivity index (χ0v) is 10.4. The number of hydrogen-bond acceptors (Lipinski definition) is 1. The lowest BCUT2D eigenvalue weighted by atomic mass is 9.99. The molecule has 0 aliphatic rings. The summed E-state index contributed by atoms with van der Waals surface area (Å²) in [6.07, 6.45) is 1.00. The first-order chi connectivity index (χ1) is 7.63. The number of nitrogens with one attached hydrogen (secondary N) is 1. The summed E-state index contributed by atoms with van der Waals surface area (Å²) in [6, 6.07) is 6.02. The lowest BCUT2D eigenvalue weighted by Gasteiger charge is -2.08. The fourth-order valence-electron chi connectivity index (χ4n) is 2.06. The summed E-state index contributed by atoms with van der Waals surface area (Å²) in [6.45, 7) is 4.98. The van der Waals surface area contributed by atoms with Crippen molar-refractivity contribution in [2.45, 2.75) is 20.3 Å². The van der Waals surface area contributed by atoms with Gasteiger partial charge in [0, 0.05) is 11.1 Å². The van der Waals surface area contributed by atoms with E-state index in [0.29, 0.717) is 12.5 Å². The maximum absolute atomic E-state index is 6.16. The average molecular weight is 237 g/mol. The molecule has 16 heavy (non-hydrogen) atoms. The number of para-hydroxylation sites is 1. The van der Waals surface area contributed by atoms with Gasteiger partial charge < -0.3 is 10.7 Å². The first-order valence-corrected chi connectivity index (χ1v) is 5.97. The van der Waals surface area contributed by atoms with Crippen molar-refractivity contribution in [2.75, 3.05) is 6.54 Å². The van der Waals surface area contributed by atoms with E-state index in [1.165, 1.54) is 16.6 Å². The molecule has 2 nitrogen and oxygen atoms in total. The molecule has 1 heterocycles. The second kappa shape index (κ2) is 4.48. The minimum absolute atomic E-state index is 0.497. The van der Waals surface area contributed by atoms with E-state index in [0.717, 1.165) is 17.0 Å². The summed E-state index contributed by atoms with van der Waals surface area (Å²) in [7, 11) is 0. The van der Waals surface area contributed by atoms with Crippen molar-refractivity contribution < 1.29 is 0 Å². The van der Waals surface area contributed by atoms with Gasteiger partial charge in [-0.25, -0.2) is 0 Å². The molecule has 0 amide bonds. The zero-order valence-electron chi connectivity index (χ0n) is 9.68. The molecule has 0 fully saturated rings. The Hall–Kier alpha value is -0.990. The molecule has 1 atom stereocenters. The minimum atomic E-state index is 0.497. The van der Waals surface area contributed by atoms with Gasteiger partial charge in [0.1, 0.15) is 0 Å². The molecule has 3 N–H and O–H groups in total. The first kappa shape index (κ1) is 11.5. The first-order valence-electron chi connectivity index (χ1n) is 5.59. The van der Waals surface area contributed by atoms with E-state index in [1.807, 2.05) is 12.1 Å². The predicted molar refractivity (Wildman–Crippen MR) is 70.0 cm³/mol. The molecular formula is C13H17ClN2. The topological polar surface area (TPSA) is 41.8 Å². The van der Waals surface area contributed by atoms with E-state index < -0.39 is 0 Å². The van der Waals surface area contributed by atoms with Crippen molar-refractivity contribution in [1.29, 1.82) is 0 Å². The summed E-state index contributed by atoms with van der Waals surface area (Å²) in [5, 5.41) is 2.01. The van der Waals surface area contributed by atoms with Gasteiger partial charge in [-0.2, -0.15) is 0 Å². The van der Waals surface area contributed by atoms with Crippen LogP contribution in [0.1, 0.15) is 18.2 Å². The largest absolute Gasteiger partial charge is 0.357 e.